The molecule has 0 aromatic heterocycles. The molecule has 5 heteroatoms. The van der Waals surface area contributed by atoms with E-state index in [4.69, 9.17) is 0 Å². The van der Waals surface area contributed by atoms with Crippen LogP contribution < -0.4 is 0 Å². The highest BCUT2D eigenvalue weighted by molar-refractivity contribution is 8.76. The predicted molar refractivity (Wildman–Crippen MR) is 107 cm³/mol. The van der Waals surface area contributed by atoms with Gasteiger partial charge in [0.1, 0.15) is 0 Å². The van der Waals surface area contributed by atoms with E-state index >= 15 is 0 Å². The van der Waals surface area contributed by atoms with Crippen LogP contribution in [0.4, 0.5) is 0 Å². The van der Waals surface area contributed by atoms with Crippen LogP contribution in [0.2, 0.25) is 0 Å². The zero-order chi connectivity index (χ0) is 17.4. The average Bonchev–Trinajstić information content (AvgIpc) is 2.55. The molecule has 0 fully saturated rings. The highest BCUT2D eigenvalue weighted by Crippen LogP contribution is 2.33. The quantitative estimate of drug-likeness (QED) is 0.531. The average molecular weight is 381 g/mol. The van der Waals surface area contributed by atoms with E-state index in [1.54, 1.807) is 10.8 Å². The predicted octanol–water partition coefficient (Wildman–Crippen LogP) is 5.59. The molecule has 0 saturated carbocycles. The molecule has 0 aliphatic carbocycles. The molecule has 2 aromatic carbocycles. The van der Waals surface area contributed by atoms with Gasteiger partial charge in [0.25, 0.3) is 0 Å². The van der Waals surface area contributed by atoms with E-state index in [9.17, 15) is 8.42 Å². The summed E-state index contributed by atoms with van der Waals surface area (Å²) in [4.78, 5) is 1.12. The minimum atomic E-state index is -3.16. The van der Waals surface area contributed by atoms with Gasteiger partial charge in [0, 0.05) is 10.6 Å². The fourth-order valence-corrected chi connectivity index (χ4v) is 6.27. The van der Waals surface area contributed by atoms with Gasteiger partial charge < -0.3 is 0 Å². The molecule has 0 aliphatic rings. The van der Waals surface area contributed by atoms with E-state index in [-0.39, 0.29) is 11.5 Å². The van der Waals surface area contributed by atoms with Gasteiger partial charge in [-0.3, -0.25) is 0 Å². The van der Waals surface area contributed by atoms with Crippen molar-refractivity contribution in [3.8, 4) is 0 Å². The number of hydrogen-bond acceptors (Lipinski definition) is 4. The van der Waals surface area contributed by atoms with Gasteiger partial charge in [-0.05, 0) is 29.2 Å². The maximum Gasteiger partial charge on any atom is 0.158 e. The van der Waals surface area contributed by atoms with Crippen molar-refractivity contribution in [1.82, 2.24) is 0 Å². The molecule has 2 aromatic rings. The highest BCUT2D eigenvalue weighted by atomic mass is 33.1. The Morgan fingerprint density at radius 3 is 2.33 bits per heavy atom. The Morgan fingerprint density at radius 2 is 1.62 bits per heavy atom. The van der Waals surface area contributed by atoms with Crippen LogP contribution >= 0.6 is 21.6 Å². The topological polar surface area (TPSA) is 34.1 Å². The van der Waals surface area contributed by atoms with Crippen molar-refractivity contribution in [2.45, 2.75) is 36.7 Å². The summed E-state index contributed by atoms with van der Waals surface area (Å²) < 4.78 is 24.8. The van der Waals surface area contributed by atoms with Crippen LogP contribution in [0.3, 0.4) is 0 Å². The SMILES string of the molecule is CCC(C)CSSc1cccc(CS(=O)(=O)Cc2ccccc2)c1. The first-order chi connectivity index (χ1) is 11.5. The van der Waals surface area contributed by atoms with Crippen LogP contribution in [-0.4, -0.2) is 14.2 Å². The first kappa shape index (κ1) is 19.4. The summed E-state index contributed by atoms with van der Waals surface area (Å²) in [5, 5.41) is 0. The smallest absolute Gasteiger partial charge is 0.158 e. The third-order valence-corrected chi connectivity index (χ3v) is 7.87. The van der Waals surface area contributed by atoms with Gasteiger partial charge in [-0.2, -0.15) is 0 Å². The van der Waals surface area contributed by atoms with Crippen molar-refractivity contribution in [3.63, 3.8) is 0 Å². The first-order valence-corrected chi connectivity index (χ1v) is 12.3. The summed E-state index contributed by atoms with van der Waals surface area (Å²) in [6, 6.07) is 17.2. The Balaban J connectivity index is 1.95. The van der Waals surface area contributed by atoms with Gasteiger partial charge >= 0.3 is 0 Å². The number of hydrogen-bond donors (Lipinski definition) is 0. The molecule has 1 atom stereocenters. The van der Waals surface area contributed by atoms with Crippen molar-refractivity contribution in [3.05, 3.63) is 65.7 Å². The molecule has 0 bridgehead atoms. The van der Waals surface area contributed by atoms with E-state index in [1.807, 2.05) is 65.4 Å². The Bertz CT molecular complexity index is 727. The Hall–Kier alpha value is -0.910. The normalized spacial score (nSPS) is 12.9. The number of benzene rings is 2. The molecule has 0 amide bonds. The summed E-state index contributed by atoms with van der Waals surface area (Å²) in [6.07, 6.45) is 1.19. The molecule has 0 N–H and O–H groups in total. The van der Waals surface area contributed by atoms with E-state index in [1.165, 1.54) is 6.42 Å². The maximum absolute atomic E-state index is 12.4. The van der Waals surface area contributed by atoms with Crippen LogP contribution in [0.5, 0.6) is 0 Å². The second-order valence-corrected chi connectivity index (χ2v) is 10.5. The van der Waals surface area contributed by atoms with Crippen molar-refractivity contribution < 1.29 is 8.42 Å². The standard InChI is InChI=1S/C19H24O2S3/c1-3-16(2)13-22-23-19-11-7-10-18(12-19)15-24(20,21)14-17-8-5-4-6-9-17/h4-12,16H,3,13-15H2,1-2H3. The Labute approximate surface area is 153 Å². The summed E-state index contributed by atoms with van der Waals surface area (Å²) in [5.41, 5.74) is 1.70. The molecule has 130 valence electrons. The summed E-state index contributed by atoms with van der Waals surface area (Å²) >= 11 is 0. The number of sulfone groups is 1. The third-order valence-electron chi connectivity index (χ3n) is 3.72. The molecule has 0 spiro atoms. The van der Waals surface area contributed by atoms with E-state index in [0.29, 0.717) is 5.92 Å². The van der Waals surface area contributed by atoms with Crippen LogP contribution in [-0.2, 0) is 21.3 Å². The Kier molecular flexibility index (Phi) is 7.72. The lowest BCUT2D eigenvalue weighted by Crippen LogP contribution is -2.07. The Morgan fingerprint density at radius 1 is 0.958 bits per heavy atom. The highest BCUT2D eigenvalue weighted by Gasteiger charge is 2.13. The third kappa shape index (κ3) is 6.91. The van der Waals surface area contributed by atoms with Gasteiger partial charge in [-0.25, -0.2) is 8.42 Å². The van der Waals surface area contributed by atoms with Gasteiger partial charge in [0.15, 0.2) is 9.84 Å². The number of rotatable bonds is 9. The van der Waals surface area contributed by atoms with Crippen LogP contribution in [0.1, 0.15) is 31.4 Å². The second-order valence-electron chi connectivity index (χ2n) is 6.05. The molecular weight excluding hydrogens is 356 g/mol. The van der Waals surface area contributed by atoms with E-state index in [2.05, 4.69) is 13.8 Å². The van der Waals surface area contributed by atoms with Gasteiger partial charge in [-0.15, -0.1) is 0 Å². The fourth-order valence-electron chi connectivity index (χ4n) is 2.16. The lowest BCUT2D eigenvalue weighted by atomic mass is 10.2. The molecule has 0 radical (unpaired) electrons. The lowest BCUT2D eigenvalue weighted by Gasteiger charge is -2.09. The molecule has 1 unspecified atom stereocenters. The first-order valence-electron chi connectivity index (χ1n) is 8.11. The lowest BCUT2D eigenvalue weighted by molar-refractivity contribution is 0.594. The van der Waals surface area contributed by atoms with Gasteiger partial charge in [0.2, 0.25) is 0 Å². The summed E-state index contributed by atoms with van der Waals surface area (Å²) in [5.74, 6) is 2.00. The van der Waals surface area contributed by atoms with Crippen molar-refractivity contribution in [2.24, 2.45) is 5.92 Å². The molecule has 2 rings (SSSR count). The fraction of sp³-hybridized carbons (Fsp3) is 0.368. The van der Waals surface area contributed by atoms with Gasteiger partial charge in [-0.1, -0.05) is 84.3 Å². The van der Waals surface area contributed by atoms with E-state index < -0.39 is 9.84 Å². The molecular formula is C19H24O2S3. The monoisotopic (exact) mass is 380 g/mol. The van der Waals surface area contributed by atoms with Crippen LogP contribution in [0.25, 0.3) is 0 Å². The molecule has 0 saturated heterocycles. The minimum absolute atomic E-state index is 0.0896. The van der Waals surface area contributed by atoms with Crippen molar-refractivity contribution in [2.75, 3.05) is 5.75 Å². The van der Waals surface area contributed by atoms with Crippen molar-refractivity contribution in [1.29, 1.82) is 0 Å². The van der Waals surface area contributed by atoms with Crippen LogP contribution in [0.15, 0.2) is 59.5 Å². The van der Waals surface area contributed by atoms with Crippen LogP contribution in [0, 0.1) is 5.92 Å². The maximum atomic E-state index is 12.4. The van der Waals surface area contributed by atoms with Crippen molar-refractivity contribution >= 4 is 31.4 Å². The summed E-state index contributed by atoms with van der Waals surface area (Å²) in [6.45, 7) is 4.45. The molecule has 24 heavy (non-hydrogen) atoms. The zero-order valence-corrected chi connectivity index (χ0v) is 16.6. The second kappa shape index (κ2) is 9.54. The minimum Gasteiger partial charge on any atom is -0.228 e. The van der Waals surface area contributed by atoms with E-state index in [0.717, 1.165) is 21.8 Å². The molecule has 0 heterocycles. The molecule has 2 nitrogen and oxygen atoms in total. The summed E-state index contributed by atoms with van der Waals surface area (Å²) in [7, 11) is 0.407. The van der Waals surface area contributed by atoms with Gasteiger partial charge in [0.05, 0.1) is 11.5 Å². The largest absolute Gasteiger partial charge is 0.228 e. The zero-order valence-electron chi connectivity index (χ0n) is 14.1. The molecule has 0 aliphatic heterocycles.